The van der Waals surface area contributed by atoms with E-state index in [0.717, 1.165) is 12.1 Å². The smallest absolute Gasteiger partial charge is 0.328 e. The van der Waals surface area contributed by atoms with Gasteiger partial charge in [-0.2, -0.15) is 13.5 Å². The van der Waals surface area contributed by atoms with Crippen LogP contribution in [0.1, 0.15) is 11.5 Å². The van der Waals surface area contributed by atoms with Gasteiger partial charge in [-0.25, -0.2) is 19.0 Å². The van der Waals surface area contributed by atoms with Crippen LogP contribution in [0.4, 0.5) is 15.9 Å². The monoisotopic (exact) mass is 453 g/mol. The van der Waals surface area contributed by atoms with E-state index >= 15 is 0 Å². The van der Waals surface area contributed by atoms with E-state index in [9.17, 15) is 12.8 Å². The SMILES string of the molecule is N/N=C(\c1ccc(S(=O)(=O)O)o1)c1nc2nonc2nc1Nc1ccc(F)c(Cl)c1. The summed E-state index contributed by atoms with van der Waals surface area (Å²) >= 11 is 5.80. The van der Waals surface area contributed by atoms with Gasteiger partial charge in [0, 0.05) is 5.69 Å². The predicted octanol–water partition coefficient (Wildman–Crippen LogP) is 2.10. The fourth-order valence-electron chi connectivity index (χ4n) is 2.43. The molecule has 12 nitrogen and oxygen atoms in total. The molecule has 4 aromatic rings. The lowest BCUT2D eigenvalue weighted by Gasteiger charge is -2.10. The van der Waals surface area contributed by atoms with Crippen molar-refractivity contribution in [1.29, 1.82) is 0 Å². The van der Waals surface area contributed by atoms with Gasteiger partial charge in [-0.1, -0.05) is 11.6 Å². The highest BCUT2D eigenvalue weighted by Gasteiger charge is 2.24. The van der Waals surface area contributed by atoms with Gasteiger partial charge in [0.05, 0.1) is 5.02 Å². The summed E-state index contributed by atoms with van der Waals surface area (Å²) in [5.74, 6) is 4.73. The summed E-state index contributed by atoms with van der Waals surface area (Å²) in [5.41, 5.74) is 0.192. The second-order valence-electron chi connectivity index (χ2n) is 5.66. The molecule has 0 aliphatic heterocycles. The highest BCUT2D eigenvalue weighted by Crippen LogP contribution is 2.26. The third-order valence-corrected chi connectivity index (χ3v) is 4.74. The first-order chi connectivity index (χ1) is 14.3. The van der Waals surface area contributed by atoms with Gasteiger partial charge in [-0.3, -0.25) is 4.55 Å². The van der Waals surface area contributed by atoms with Crippen molar-refractivity contribution in [3.63, 3.8) is 0 Å². The van der Waals surface area contributed by atoms with E-state index < -0.39 is 21.0 Å². The number of nitrogens with one attached hydrogen (secondary N) is 1. The molecule has 4 rings (SSSR count). The molecule has 3 aromatic heterocycles. The van der Waals surface area contributed by atoms with Crippen LogP contribution in [0.5, 0.6) is 0 Å². The molecule has 0 saturated carbocycles. The summed E-state index contributed by atoms with van der Waals surface area (Å²) in [4.78, 5) is 8.42. The molecule has 0 bridgehead atoms. The van der Waals surface area contributed by atoms with E-state index in [1.165, 1.54) is 18.2 Å². The number of hydrogen-bond acceptors (Lipinski definition) is 11. The third kappa shape index (κ3) is 3.66. The Balaban J connectivity index is 1.84. The van der Waals surface area contributed by atoms with Crippen LogP contribution in [0.15, 0.2) is 49.6 Å². The van der Waals surface area contributed by atoms with Gasteiger partial charge in [0.2, 0.25) is 16.4 Å². The molecule has 4 N–H and O–H groups in total. The Kier molecular flexibility index (Phi) is 4.81. The second-order valence-corrected chi connectivity index (χ2v) is 7.42. The molecule has 0 radical (unpaired) electrons. The summed E-state index contributed by atoms with van der Waals surface area (Å²) in [7, 11) is -4.60. The molecule has 0 amide bonds. The van der Waals surface area contributed by atoms with Gasteiger partial charge >= 0.3 is 10.1 Å². The molecular weight excluding hydrogens is 445 g/mol. The molecule has 0 atom stereocenters. The van der Waals surface area contributed by atoms with Crippen molar-refractivity contribution < 1.29 is 26.4 Å². The molecule has 0 saturated heterocycles. The van der Waals surface area contributed by atoms with Crippen LogP contribution >= 0.6 is 11.6 Å². The average Bonchev–Trinajstić information content (AvgIpc) is 3.34. The minimum absolute atomic E-state index is 0.00426. The Bertz CT molecular complexity index is 1400. The molecule has 0 fully saturated rings. The second kappa shape index (κ2) is 7.33. The van der Waals surface area contributed by atoms with Crippen molar-refractivity contribution >= 4 is 50.2 Å². The zero-order valence-corrected chi connectivity index (χ0v) is 16.0. The fourth-order valence-corrected chi connectivity index (χ4v) is 3.04. The minimum Gasteiger partial charge on any atom is -0.440 e. The average molecular weight is 454 g/mol. The maximum Gasteiger partial charge on any atom is 0.328 e. The first-order valence-electron chi connectivity index (χ1n) is 7.84. The van der Waals surface area contributed by atoms with E-state index in [0.29, 0.717) is 5.69 Å². The molecule has 1 aromatic carbocycles. The Hall–Kier alpha value is -3.62. The predicted molar refractivity (Wildman–Crippen MR) is 100 cm³/mol. The topological polar surface area (TPSA) is 183 Å². The van der Waals surface area contributed by atoms with Crippen LogP contribution in [0, 0.1) is 5.82 Å². The Morgan fingerprint density at radius 1 is 1.20 bits per heavy atom. The largest absolute Gasteiger partial charge is 0.440 e. The zero-order valence-electron chi connectivity index (χ0n) is 14.4. The van der Waals surface area contributed by atoms with Crippen molar-refractivity contribution in [2.75, 3.05) is 5.32 Å². The third-order valence-electron chi connectivity index (χ3n) is 3.72. The Labute approximate surface area is 171 Å². The zero-order chi connectivity index (χ0) is 21.5. The highest BCUT2D eigenvalue weighted by molar-refractivity contribution is 7.85. The van der Waals surface area contributed by atoms with E-state index in [2.05, 4.69) is 35.3 Å². The van der Waals surface area contributed by atoms with Gasteiger partial charge in [0.15, 0.2) is 17.3 Å². The summed E-state index contributed by atoms with van der Waals surface area (Å²) in [6.07, 6.45) is 0. The number of anilines is 2. The van der Waals surface area contributed by atoms with Crippen molar-refractivity contribution in [3.05, 3.63) is 52.6 Å². The number of nitrogens with zero attached hydrogens (tertiary/aromatic N) is 5. The van der Waals surface area contributed by atoms with Crippen LogP contribution in [-0.4, -0.2) is 39.0 Å². The summed E-state index contributed by atoms with van der Waals surface area (Å²) in [6, 6.07) is 6.04. The van der Waals surface area contributed by atoms with Crippen LogP contribution in [-0.2, 0) is 10.1 Å². The van der Waals surface area contributed by atoms with Crippen molar-refractivity contribution in [1.82, 2.24) is 20.3 Å². The molecule has 0 spiro atoms. The number of fused-ring (bicyclic) bond motifs is 1. The van der Waals surface area contributed by atoms with Crippen molar-refractivity contribution in [2.24, 2.45) is 10.9 Å². The first-order valence-corrected chi connectivity index (χ1v) is 9.66. The number of benzene rings is 1. The summed E-state index contributed by atoms with van der Waals surface area (Å²) in [5, 5.41) is 12.8. The number of hydrazone groups is 1. The van der Waals surface area contributed by atoms with Crippen LogP contribution in [0.25, 0.3) is 11.3 Å². The van der Waals surface area contributed by atoms with E-state index in [1.807, 2.05) is 0 Å². The van der Waals surface area contributed by atoms with Gasteiger partial charge in [0.25, 0.3) is 0 Å². The molecule has 154 valence electrons. The molecule has 15 heteroatoms. The van der Waals surface area contributed by atoms with E-state index in [1.54, 1.807) is 0 Å². The Morgan fingerprint density at radius 2 is 1.93 bits per heavy atom. The summed E-state index contributed by atoms with van der Waals surface area (Å²) < 4.78 is 54.9. The number of halogens is 2. The lowest BCUT2D eigenvalue weighted by Crippen LogP contribution is -2.13. The molecule has 0 unspecified atom stereocenters. The number of furan rings is 1. The molecule has 0 aliphatic carbocycles. The number of rotatable bonds is 5. The molecule has 3 heterocycles. The van der Waals surface area contributed by atoms with Crippen LogP contribution in [0.2, 0.25) is 5.02 Å². The number of hydrogen-bond donors (Lipinski definition) is 3. The normalized spacial score (nSPS) is 12.4. The number of nitrogens with two attached hydrogens (primary N) is 1. The van der Waals surface area contributed by atoms with Gasteiger partial charge in [-0.15, -0.1) is 0 Å². The van der Waals surface area contributed by atoms with Gasteiger partial charge < -0.3 is 15.6 Å². The number of aromatic nitrogens is 4. The lowest BCUT2D eigenvalue weighted by molar-refractivity contribution is 0.314. The molecule has 30 heavy (non-hydrogen) atoms. The van der Waals surface area contributed by atoms with Crippen LogP contribution < -0.4 is 11.2 Å². The van der Waals surface area contributed by atoms with Crippen molar-refractivity contribution in [3.8, 4) is 0 Å². The maximum absolute atomic E-state index is 13.5. The molecular formula is C15H9ClFN7O5S. The van der Waals surface area contributed by atoms with E-state index in [-0.39, 0.29) is 39.3 Å². The Morgan fingerprint density at radius 3 is 2.57 bits per heavy atom. The standard InChI is InChI=1S/C15H9ClFN7O5S/c16-7-5-6(1-2-8(7)17)19-13-12(20-14-15(21-13)24-29-23-14)11(22-18)9-3-4-10(28-9)30(25,26)27/h1-5H,18H2,(H,19,21,24)(H,25,26,27)/b22-11+. The van der Waals surface area contributed by atoms with Gasteiger partial charge in [0.1, 0.15) is 11.5 Å². The maximum atomic E-state index is 13.5. The minimum atomic E-state index is -4.60. The molecule has 0 aliphatic rings. The highest BCUT2D eigenvalue weighted by atomic mass is 35.5. The summed E-state index contributed by atoms with van der Waals surface area (Å²) in [6.45, 7) is 0. The first kappa shape index (κ1) is 19.7. The fraction of sp³-hybridized carbons (Fsp3) is 0. The van der Waals surface area contributed by atoms with Crippen molar-refractivity contribution in [2.45, 2.75) is 5.09 Å². The lowest BCUT2D eigenvalue weighted by atomic mass is 10.2. The van der Waals surface area contributed by atoms with E-state index in [4.69, 9.17) is 26.4 Å². The quantitative estimate of drug-likeness (QED) is 0.174. The van der Waals surface area contributed by atoms with Gasteiger partial charge in [-0.05, 0) is 40.6 Å². The van der Waals surface area contributed by atoms with Crippen LogP contribution in [0.3, 0.4) is 0 Å².